The summed E-state index contributed by atoms with van der Waals surface area (Å²) >= 11 is 0. The fourth-order valence-corrected chi connectivity index (χ4v) is 3.10. The van der Waals surface area contributed by atoms with Crippen LogP contribution in [0.15, 0.2) is 54.3 Å². The normalized spacial score (nSPS) is 17.5. The average molecular weight is 402 g/mol. The van der Waals surface area contributed by atoms with Gasteiger partial charge >= 0.3 is 12.4 Å². The lowest BCUT2D eigenvalue weighted by Gasteiger charge is -2.21. The van der Waals surface area contributed by atoms with Crippen molar-refractivity contribution in [1.82, 2.24) is 9.55 Å². The van der Waals surface area contributed by atoms with Crippen molar-refractivity contribution < 1.29 is 31.1 Å². The molecule has 2 aromatic rings. The first-order chi connectivity index (χ1) is 13.1. The molecule has 0 bridgehead atoms. The lowest BCUT2D eigenvalue weighted by atomic mass is 9.95. The Morgan fingerprint density at radius 3 is 2.39 bits per heavy atom. The second kappa shape index (κ2) is 7.37. The third kappa shape index (κ3) is 4.07. The molecule has 28 heavy (non-hydrogen) atoms. The predicted octanol–water partition coefficient (Wildman–Crippen LogP) is 5.49. The molecule has 1 aromatic carbocycles. The number of methoxy groups -OCH3 is 1. The minimum atomic E-state index is -4.65. The molecule has 1 atom stereocenters. The maximum Gasteiger partial charge on any atom is 0.433 e. The summed E-state index contributed by atoms with van der Waals surface area (Å²) in [6.07, 6.45) is -5.44. The van der Waals surface area contributed by atoms with Crippen molar-refractivity contribution in [1.29, 1.82) is 0 Å². The lowest BCUT2D eigenvalue weighted by molar-refractivity contribution is -0.143. The molecular formula is C19H16F6N2O. The summed E-state index contributed by atoms with van der Waals surface area (Å²) in [6.45, 7) is -0.172. The van der Waals surface area contributed by atoms with Crippen LogP contribution in [0.1, 0.15) is 29.4 Å². The molecule has 0 amide bonds. The van der Waals surface area contributed by atoms with E-state index in [1.165, 1.54) is 13.2 Å². The Morgan fingerprint density at radius 1 is 1.11 bits per heavy atom. The highest BCUT2D eigenvalue weighted by Gasteiger charge is 2.38. The number of benzene rings is 1. The molecule has 9 heteroatoms. The van der Waals surface area contributed by atoms with Gasteiger partial charge in [-0.25, -0.2) is 4.98 Å². The van der Waals surface area contributed by atoms with Gasteiger partial charge in [0.1, 0.15) is 17.3 Å². The van der Waals surface area contributed by atoms with E-state index in [-0.39, 0.29) is 18.8 Å². The van der Waals surface area contributed by atoms with Gasteiger partial charge in [0.05, 0.1) is 25.4 Å². The number of imidazole rings is 1. The molecule has 150 valence electrons. The van der Waals surface area contributed by atoms with Gasteiger partial charge in [-0.15, -0.1) is 0 Å². The molecule has 1 aliphatic rings. The smallest absolute Gasteiger partial charge is 0.433 e. The summed E-state index contributed by atoms with van der Waals surface area (Å²) < 4.78 is 84.9. The fourth-order valence-electron chi connectivity index (χ4n) is 3.10. The van der Waals surface area contributed by atoms with Crippen molar-refractivity contribution >= 4 is 0 Å². The lowest BCUT2D eigenvalue weighted by Crippen LogP contribution is -2.19. The van der Waals surface area contributed by atoms with Gasteiger partial charge in [-0.2, -0.15) is 26.3 Å². The maximum atomic E-state index is 13.5. The van der Waals surface area contributed by atoms with E-state index in [2.05, 4.69) is 4.98 Å². The zero-order chi connectivity index (χ0) is 20.5. The van der Waals surface area contributed by atoms with Gasteiger partial charge in [0, 0.05) is 11.5 Å². The number of para-hydroxylation sites is 1. The van der Waals surface area contributed by atoms with Crippen molar-refractivity contribution in [3.05, 3.63) is 71.3 Å². The molecule has 0 spiro atoms. The van der Waals surface area contributed by atoms with E-state index < -0.39 is 29.5 Å². The first-order valence-corrected chi connectivity index (χ1v) is 8.31. The second-order valence-corrected chi connectivity index (χ2v) is 6.26. The standard InChI is InChI=1S/C19H16F6N2O/c1-28-15-5-3-2-4-13(15)11-27-16(19(23,24)25)10-26-17(27)12-6-8-14(9-7-12)18(20,21)22/h2-6,8-10,12H,7,11H2,1H3. The van der Waals surface area contributed by atoms with Crippen molar-refractivity contribution in [2.45, 2.75) is 31.2 Å². The SMILES string of the molecule is COc1ccccc1Cn1c(C(F)(F)F)cnc1C1C=CC(C(F)(F)F)=CC1. The van der Waals surface area contributed by atoms with Crippen LogP contribution in [0.25, 0.3) is 0 Å². The molecule has 0 saturated heterocycles. The van der Waals surface area contributed by atoms with Gasteiger partial charge < -0.3 is 9.30 Å². The van der Waals surface area contributed by atoms with Crippen LogP contribution >= 0.6 is 0 Å². The van der Waals surface area contributed by atoms with Crippen LogP contribution in [0.4, 0.5) is 26.3 Å². The number of hydrogen-bond acceptors (Lipinski definition) is 2. The number of aromatic nitrogens is 2. The Hall–Kier alpha value is -2.71. The highest BCUT2D eigenvalue weighted by Crippen LogP contribution is 2.37. The predicted molar refractivity (Wildman–Crippen MR) is 90.0 cm³/mol. The summed E-state index contributed by atoms with van der Waals surface area (Å²) in [5.41, 5.74) is -1.28. The Morgan fingerprint density at radius 2 is 1.82 bits per heavy atom. The van der Waals surface area contributed by atoms with Crippen molar-refractivity contribution in [2.24, 2.45) is 0 Å². The van der Waals surface area contributed by atoms with Crippen molar-refractivity contribution in [3.8, 4) is 5.75 Å². The Kier molecular flexibility index (Phi) is 5.27. The number of alkyl halides is 6. The monoisotopic (exact) mass is 402 g/mol. The number of halogens is 6. The van der Waals surface area contributed by atoms with Gasteiger partial charge in [-0.3, -0.25) is 0 Å². The zero-order valence-electron chi connectivity index (χ0n) is 14.7. The fraction of sp³-hybridized carbons (Fsp3) is 0.316. The molecule has 0 saturated carbocycles. The van der Waals surface area contributed by atoms with Gasteiger partial charge in [0.25, 0.3) is 0 Å². The molecule has 3 rings (SSSR count). The molecular weight excluding hydrogens is 386 g/mol. The van der Waals surface area contributed by atoms with E-state index in [0.29, 0.717) is 17.5 Å². The minimum absolute atomic E-state index is 0.0481. The van der Waals surface area contributed by atoms with Crippen LogP contribution in [-0.2, 0) is 12.7 Å². The Bertz CT molecular complexity index is 908. The second-order valence-electron chi connectivity index (χ2n) is 6.26. The molecule has 0 fully saturated rings. The van der Waals surface area contributed by atoms with Crippen LogP contribution in [0.2, 0.25) is 0 Å². The number of hydrogen-bond donors (Lipinski definition) is 0. The highest BCUT2D eigenvalue weighted by molar-refractivity contribution is 5.36. The zero-order valence-corrected chi connectivity index (χ0v) is 14.7. The Balaban J connectivity index is 1.99. The van der Waals surface area contributed by atoms with E-state index in [1.54, 1.807) is 24.3 Å². The summed E-state index contributed by atoms with van der Waals surface area (Å²) in [4.78, 5) is 3.89. The number of ether oxygens (including phenoxy) is 1. The largest absolute Gasteiger partial charge is 0.496 e. The van der Waals surface area contributed by atoms with E-state index in [1.807, 2.05) is 0 Å². The van der Waals surface area contributed by atoms with E-state index in [0.717, 1.165) is 16.7 Å². The number of allylic oxidation sites excluding steroid dienone is 4. The first-order valence-electron chi connectivity index (χ1n) is 8.31. The van der Waals surface area contributed by atoms with E-state index >= 15 is 0 Å². The summed E-state index contributed by atoms with van der Waals surface area (Å²) in [5, 5.41) is 0. The van der Waals surface area contributed by atoms with E-state index in [4.69, 9.17) is 4.74 Å². The molecule has 0 N–H and O–H groups in total. The molecule has 3 nitrogen and oxygen atoms in total. The van der Waals surface area contributed by atoms with Gasteiger partial charge in [-0.05, 0) is 12.5 Å². The van der Waals surface area contributed by atoms with Crippen LogP contribution < -0.4 is 4.74 Å². The summed E-state index contributed by atoms with van der Waals surface area (Å²) in [6, 6.07) is 6.61. The summed E-state index contributed by atoms with van der Waals surface area (Å²) in [5.74, 6) is -0.238. The van der Waals surface area contributed by atoms with Crippen LogP contribution in [-0.4, -0.2) is 22.8 Å². The first kappa shape index (κ1) is 20.0. The molecule has 1 unspecified atom stereocenters. The Labute approximate surface area is 156 Å². The van der Waals surface area contributed by atoms with Crippen molar-refractivity contribution in [3.63, 3.8) is 0 Å². The van der Waals surface area contributed by atoms with Crippen LogP contribution in [0.3, 0.4) is 0 Å². The quantitative estimate of drug-likeness (QED) is 0.633. The highest BCUT2D eigenvalue weighted by atomic mass is 19.4. The molecule has 1 aliphatic carbocycles. The average Bonchev–Trinajstić information content (AvgIpc) is 3.05. The van der Waals surface area contributed by atoms with Crippen LogP contribution in [0, 0.1) is 0 Å². The number of rotatable bonds is 4. The van der Waals surface area contributed by atoms with E-state index in [9.17, 15) is 26.3 Å². The molecule has 1 heterocycles. The molecule has 1 aromatic heterocycles. The third-order valence-electron chi connectivity index (χ3n) is 4.46. The molecule has 0 aliphatic heterocycles. The number of nitrogens with zero attached hydrogens (tertiary/aromatic N) is 2. The molecule has 0 radical (unpaired) electrons. The van der Waals surface area contributed by atoms with Crippen LogP contribution in [0.5, 0.6) is 5.75 Å². The van der Waals surface area contributed by atoms with Crippen molar-refractivity contribution in [2.75, 3.05) is 7.11 Å². The third-order valence-corrected chi connectivity index (χ3v) is 4.46. The van der Waals surface area contributed by atoms with Gasteiger partial charge in [0.2, 0.25) is 0 Å². The maximum absolute atomic E-state index is 13.5. The topological polar surface area (TPSA) is 27.1 Å². The summed E-state index contributed by atoms with van der Waals surface area (Å²) in [7, 11) is 1.41. The van der Waals surface area contributed by atoms with Gasteiger partial charge in [-0.1, -0.05) is 36.4 Å². The van der Waals surface area contributed by atoms with Gasteiger partial charge in [0.15, 0.2) is 0 Å². The minimum Gasteiger partial charge on any atom is -0.496 e.